The lowest BCUT2D eigenvalue weighted by Crippen LogP contribution is -2.38. The fourth-order valence-corrected chi connectivity index (χ4v) is 1.24. The Morgan fingerprint density at radius 2 is 1.85 bits per heavy atom. The highest BCUT2D eigenvalue weighted by molar-refractivity contribution is 5.94. The molecule has 0 aliphatic heterocycles. The van der Waals surface area contributed by atoms with Crippen LogP contribution in [0.3, 0.4) is 0 Å². The molecule has 0 aliphatic rings. The second-order valence-corrected chi connectivity index (χ2v) is 3.74. The van der Waals surface area contributed by atoms with Crippen molar-refractivity contribution < 1.29 is 23.9 Å². The maximum absolute atomic E-state index is 13.2. The van der Waals surface area contributed by atoms with Crippen LogP contribution in [0.1, 0.15) is 5.56 Å². The first-order valence-electron chi connectivity index (χ1n) is 5.68. The topological polar surface area (TPSA) is 95.5 Å². The van der Waals surface area contributed by atoms with Crippen LogP contribution in [0.25, 0.3) is 6.08 Å². The summed E-state index contributed by atoms with van der Waals surface area (Å²) < 4.78 is 13.2. The van der Waals surface area contributed by atoms with E-state index in [1.54, 1.807) is 6.07 Å². The van der Waals surface area contributed by atoms with Gasteiger partial charge >= 0.3 is 5.97 Å². The van der Waals surface area contributed by atoms with Gasteiger partial charge in [0.05, 0.1) is 6.54 Å². The van der Waals surface area contributed by atoms with E-state index in [0.29, 0.717) is 0 Å². The molecule has 0 fully saturated rings. The summed E-state index contributed by atoms with van der Waals surface area (Å²) in [5.74, 6) is -2.85. The number of aliphatic carboxylic acids is 1. The molecule has 0 unspecified atom stereocenters. The molecule has 3 N–H and O–H groups in total. The normalized spacial score (nSPS) is 10.2. The van der Waals surface area contributed by atoms with E-state index in [4.69, 9.17) is 5.11 Å². The molecule has 0 radical (unpaired) electrons. The van der Waals surface area contributed by atoms with Crippen molar-refractivity contribution in [2.45, 2.75) is 0 Å². The maximum Gasteiger partial charge on any atom is 0.322 e. The van der Waals surface area contributed by atoms with E-state index in [0.717, 1.165) is 6.08 Å². The van der Waals surface area contributed by atoms with Gasteiger partial charge in [0.25, 0.3) is 0 Å². The van der Waals surface area contributed by atoms with Gasteiger partial charge in [-0.15, -0.1) is 0 Å². The molecule has 0 aliphatic carbocycles. The quantitative estimate of drug-likeness (QED) is 0.647. The van der Waals surface area contributed by atoms with E-state index < -0.39 is 30.1 Å². The molecule has 0 spiro atoms. The van der Waals surface area contributed by atoms with Crippen molar-refractivity contribution in [2.24, 2.45) is 0 Å². The smallest absolute Gasteiger partial charge is 0.322 e. The molecule has 1 rings (SSSR count). The zero-order chi connectivity index (χ0) is 15.0. The second-order valence-electron chi connectivity index (χ2n) is 3.74. The van der Waals surface area contributed by atoms with Gasteiger partial charge in [-0.2, -0.15) is 0 Å². The molecule has 0 aromatic heterocycles. The van der Waals surface area contributed by atoms with Crippen molar-refractivity contribution in [3.63, 3.8) is 0 Å². The van der Waals surface area contributed by atoms with E-state index in [2.05, 4.69) is 10.6 Å². The number of carbonyl (C=O) groups is 3. The van der Waals surface area contributed by atoms with Gasteiger partial charge in [0.15, 0.2) is 0 Å². The maximum atomic E-state index is 13.2. The summed E-state index contributed by atoms with van der Waals surface area (Å²) in [4.78, 5) is 32.6. The molecule has 0 saturated carbocycles. The van der Waals surface area contributed by atoms with E-state index in [-0.39, 0.29) is 12.1 Å². The van der Waals surface area contributed by atoms with Gasteiger partial charge in [0, 0.05) is 11.6 Å². The molecular weight excluding hydrogens is 267 g/mol. The Morgan fingerprint density at radius 1 is 1.15 bits per heavy atom. The van der Waals surface area contributed by atoms with Gasteiger partial charge in [-0.05, 0) is 12.1 Å². The summed E-state index contributed by atoms with van der Waals surface area (Å²) in [6.45, 7) is -0.868. The molecule has 2 amide bonds. The zero-order valence-electron chi connectivity index (χ0n) is 10.4. The Labute approximate surface area is 114 Å². The summed E-state index contributed by atoms with van der Waals surface area (Å²) in [7, 11) is 0. The Morgan fingerprint density at radius 3 is 2.50 bits per heavy atom. The zero-order valence-corrected chi connectivity index (χ0v) is 10.4. The first-order chi connectivity index (χ1) is 9.49. The molecule has 1 aromatic carbocycles. The van der Waals surface area contributed by atoms with Gasteiger partial charge in [0.1, 0.15) is 12.4 Å². The van der Waals surface area contributed by atoms with Crippen LogP contribution >= 0.6 is 0 Å². The van der Waals surface area contributed by atoms with Gasteiger partial charge in [-0.1, -0.05) is 18.2 Å². The summed E-state index contributed by atoms with van der Waals surface area (Å²) in [6.07, 6.45) is 2.36. The lowest BCUT2D eigenvalue weighted by molar-refractivity contribution is -0.137. The number of rotatable bonds is 6. The lowest BCUT2D eigenvalue weighted by Gasteiger charge is -2.02. The van der Waals surface area contributed by atoms with Gasteiger partial charge in [-0.25, -0.2) is 4.39 Å². The Hall–Kier alpha value is -2.70. The van der Waals surface area contributed by atoms with Crippen LogP contribution in [0.4, 0.5) is 4.39 Å². The van der Waals surface area contributed by atoms with E-state index in [1.807, 2.05) is 0 Å². The highest BCUT2D eigenvalue weighted by Gasteiger charge is 2.05. The van der Waals surface area contributed by atoms with Crippen LogP contribution in [0, 0.1) is 5.82 Å². The van der Waals surface area contributed by atoms with Gasteiger partial charge in [-0.3, -0.25) is 14.4 Å². The Balaban J connectivity index is 2.39. The van der Waals surface area contributed by atoms with E-state index in [1.165, 1.54) is 24.3 Å². The fourth-order valence-electron chi connectivity index (χ4n) is 1.24. The number of hydrogen-bond donors (Lipinski definition) is 3. The first-order valence-corrected chi connectivity index (χ1v) is 5.68. The van der Waals surface area contributed by atoms with Crippen LogP contribution in [-0.4, -0.2) is 36.0 Å². The van der Waals surface area contributed by atoms with Crippen molar-refractivity contribution in [3.8, 4) is 0 Å². The number of carboxylic acid groups (broad SMARTS) is 1. The van der Waals surface area contributed by atoms with Crippen molar-refractivity contribution in [1.82, 2.24) is 10.6 Å². The van der Waals surface area contributed by atoms with Gasteiger partial charge < -0.3 is 15.7 Å². The molecule has 0 bridgehead atoms. The largest absolute Gasteiger partial charge is 0.480 e. The van der Waals surface area contributed by atoms with Crippen molar-refractivity contribution >= 4 is 23.9 Å². The molecular formula is C13H13FN2O4. The molecule has 20 heavy (non-hydrogen) atoms. The van der Waals surface area contributed by atoms with Crippen LogP contribution in [0.15, 0.2) is 30.3 Å². The number of carboxylic acids is 1. The number of hydrogen-bond acceptors (Lipinski definition) is 3. The number of benzene rings is 1. The monoisotopic (exact) mass is 280 g/mol. The molecule has 7 heteroatoms. The minimum atomic E-state index is -1.18. The van der Waals surface area contributed by atoms with Gasteiger partial charge in [0.2, 0.25) is 11.8 Å². The highest BCUT2D eigenvalue weighted by atomic mass is 19.1. The molecule has 0 atom stereocenters. The van der Waals surface area contributed by atoms with Crippen molar-refractivity contribution in [3.05, 3.63) is 41.7 Å². The minimum Gasteiger partial charge on any atom is -0.480 e. The average molecular weight is 280 g/mol. The highest BCUT2D eigenvalue weighted by Crippen LogP contribution is 2.07. The number of nitrogens with one attached hydrogen (secondary N) is 2. The Kier molecular flexibility index (Phi) is 5.89. The van der Waals surface area contributed by atoms with Crippen molar-refractivity contribution in [1.29, 1.82) is 0 Å². The van der Waals surface area contributed by atoms with E-state index in [9.17, 15) is 18.8 Å². The summed E-state index contributed by atoms with van der Waals surface area (Å²) in [5, 5.41) is 12.7. The van der Waals surface area contributed by atoms with E-state index >= 15 is 0 Å². The first kappa shape index (κ1) is 15.4. The minimum absolute atomic E-state index is 0.248. The molecule has 6 nitrogen and oxygen atoms in total. The summed E-state index contributed by atoms with van der Waals surface area (Å²) in [5.41, 5.74) is 0.248. The third-order valence-electron chi connectivity index (χ3n) is 2.18. The number of carbonyl (C=O) groups excluding carboxylic acids is 2. The predicted octanol–water partition coefficient (Wildman–Crippen LogP) is 0.156. The lowest BCUT2D eigenvalue weighted by atomic mass is 10.2. The Bertz CT molecular complexity index is 543. The molecule has 1 aromatic rings. The summed E-state index contributed by atoms with van der Waals surface area (Å²) in [6, 6.07) is 5.91. The number of halogens is 1. The van der Waals surface area contributed by atoms with Crippen molar-refractivity contribution in [2.75, 3.05) is 13.1 Å². The predicted molar refractivity (Wildman–Crippen MR) is 69.1 cm³/mol. The second kappa shape index (κ2) is 7.67. The SMILES string of the molecule is O=C(O)CNC(=O)CNC(=O)/C=C/c1ccccc1F. The average Bonchev–Trinajstić information content (AvgIpc) is 2.42. The fraction of sp³-hybridized carbons (Fsp3) is 0.154. The standard InChI is InChI=1S/C13H13FN2O4/c14-10-4-2-1-3-9(10)5-6-11(17)15-7-12(18)16-8-13(19)20/h1-6H,7-8H2,(H,15,17)(H,16,18)(H,19,20)/b6-5+. The third kappa shape index (κ3) is 5.76. The molecule has 0 heterocycles. The molecule has 106 valence electrons. The van der Waals surface area contributed by atoms with Crippen LogP contribution in [0.5, 0.6) is 0 Å². The van der Waals surface area contributed by atoms with Crippen LogP contribution in [-0.2, 0) is 14.4 Å². The molecule has 0 saturated heterocycles. The summed E-state index contributed by atoms with van der Waals surface area (Å²) >= 11 is 0. The van der Waals surface area contributed by atoms with Crippen LogP contribution < -0.4 is 10.6 Å². The number of amides is 2. The van der Waals surface area contributed by atoms with Crippen LogP contribution in [0.2, 0.25) is 0 Å². The third-order valence-corrected chi connectivity index (χ3v) is 2.18.